The molecular formula is C12H22N4S. The first kappa shape index (κ1) is 12.8. The molecule has 0 radical (unpaired) electrons. The number of hydrogen-bond donors (Lipinski definition) is 1. The minimum atomic E-state index is -0.333. The Balaban J connectivity index is 2.02. The van der Waals surface area contributed by atoms with Gasteiger partial charge in [-0.25, -0.2) is 4.98 Å². The molecule has 0 amide bonds. The molecule has 1 aromatic rings. The third-order valence-electron chi connectivity index (χ3n) is 3.24. The van der Waals surface area contributed by atoms with E-state index in [0.717, 1.165) is 43.5 Å². The van der Waals surface area contributed by atoms with Crippen LogP contribution < -0.4 is 10.6 Å². The van der Waals surface area contributed by atoms with Gasteiger partial charge in [0.2, 0.25) is 0 Å². The molecule has 2 heterocycles. The maximum atomic E-state index is 6.06. The zero-order valence-corrected chi connectivity index (χ0v) is 11.8. The average molecular weight is 254 g/mol. The molecule has 0 aromatic carbocycles. The van der Waals surface area contributed by atoms with Crippen LogP contribution in [0.5, 0.6) is 0 Å². The third-order valence-corrected chi connectivity index (χ3v) is 4.14. The van der Waals surface area contributed by atoms with Gasteiger partial charge >= 0.3 is 0 Å². The van der Waals surface area contributed by atoms with Crippen LogP contribution in [0.3, 0.4) is 0 Å². The lowest BCUT2D eigenvalue weighted by atomic mass is 10.0. The van der Waals surface area contributed by atoms with E-state index in [1.54, 1.807) is 11.3 Å². The number of nitrogens with zero attached hydrogens (tertiary/aromatic N) is 3. The van der Waals surface area contributed by atoms with E-state index in [4.69, 9.17) is 5.73 Å². The van der Waals surface area contributed by atoms with Crippen molar-refractivity contribution in [3.8, 4) is 0 Å². The fourth-order valence-electron chi connectivity index (χ4n) is 1.96. The summed E-state index contributed by atoms with van der Waals surface area (Å²) in [5.41, 5.74) is 6.72. The number of hydrogen-bond acceptors (Lipinski definition) is 5. The molecule has 5 heteroatoms. The Bertz CT molecular complexity index is 361. The van der Waals surface area contributed by atoms with E-state index in [-0.39, 0.29) is 5.54 Å². The smallest absolute Gasteiger partial charge is 0.185 e. The van der Waals surface area contributed by atoms with Crippen LogP contribution in [-0.2, 0) is 5.54 Å². The zero-order chi connectivity index (χ0) is 12.5. The highest BCUT2D eigenvalue weighted by Crippen LogP contribution is 2.26. The molecule has 17 heavy (non-hydrogen) atoms. The minimum Gasteiger partial charge on any atom is -0.346 e. The summed E-state index contributed by atoms with van der Waals surface area (Å²) in [5, 5.41) is 3.20. The first-order chi connectivity index (χ1) is 8.00. The predicted octanol–water partition coefficient (Wildman–Crippen LogP) is 1.48. The maximum Gasteiger partial charge on any atom is 0.185 e. The lowest BCUT2D eigenvalue weighted by molar-refractivity contribution is 0.271. The van der Waals surface area contributed by atoms with Crippen LogP contribution >= 0.6 is 11.3 Å². The quantitative estimate of drug-likeness (QED) is 0.887. The molecule has 1 saturated heterocycles. The Morgan fingerprint density at radius 1 is 1.35 bits per heavy atom. The standard InChI is InChI=1S/C12H22N4S/c1-4-15-5-7-16(8-6-15)11-14-10(9-17-11)12(2,3)13/h9H,4-8,13H2,1-3H3. The van der Waals surface area contributed by atoms with Gasteiger partial charge in [-0.1, -0.05) is 6.92 Å². The minimum absolute atomic E-state index is 0.333. The number of aromatic nitrogens is 1. The summed E-state index contributed by atoms with van der Waals surface area (Å²) in [5.74, 6) is 0. The second-order valence-corrected chi connectivity index (χ2v) is 5.99. The molecule has 4 nitrogen and oxygen atoms in total. The predicted molar refractivity (Wildman–Crippen MR) is 73.7 cm³/mol. The Kier molecular flexibility index (Phi) is 3.70. The van der Waals surface area contributed by atoms with Gasteiger partial charge in [0.25, 0.3) is 0 Å². The van der Waals surface area contributed by atoms with Gasteiger partial charge in [-0.05, 0) is 20.4 Å². The van der Waals surface area contributed by atoms with Crippen molar-refractivity contribution < 1.29 is 0 Å². The van der Waals surface area contributed by atoms with Crippen molar-refractivity contribution in [3.05, 3.63) is 11.1 Å². The van der Waals surface area contributed by atoms with E-state index in [1.165, 1.54) is 0 Å². The Labute approximate surface area is 107 Å². The van der Waals surface area contributed by atoms with Crippen molar-refractivity contribution in [2.45, 2.75) is 26.3 Å². The molecule has 96 valence electrons. The molecular weight excluding hydrogens is 232 g/mol. The van der Waals surface area contributed by atoms with Crippen molar-refractivity contribution in [2.24, 2.45) is 5.73 Å². The topological polar surface area (TPSA) is 45.4 Å². The molecule has 2 N–H and O–H groups in total. The number of piperazine rings is 1. The number of likely N-dealkylation sites (N-methyl/N-ethyl adjacent to an activating group) is 1. The summed E-state index contributed by atoms with van der Waals surface area (Å²) in [4.78, 5) is 9.49. The SMILES string of the molecule is CCN1CCN(c2nc(C(C)(C)N)cs2)CC1. The highest BCUT2D eigenvalue weighted by Gasteiger charge is 2.22. The first-order valence-corrected chi connectivity index (χ1v) is 7.11. The van der Waals surface area contributed by atoms with Crippen LogP contribution in [0.25, 0.3) is 0 Å². The summed E-state index contributed by atoms with van der Waals surface area (Å²) in [7, 11) is 0. The van der Waals surface area contributed by atoms with E-state index in [1.807, 2.05) is 13.8 Å². The van der Waals surface area contributed by atoms with Gasteiger partial charge in [0.05, 0.1) is 11.2 Å². The molecule has 0 saturated carbocycles. The van der Waals surface area contributed by atoms with Gasteiger partial charge in [0.15, 0.2) is 5.13 Å². The monoisotopic (exact) mass is 254 g/mol. The van der Waals surface area contributed by atoms with Crippen molar-refractivity contribution in [1.29, 1.82) is 0 Å². The normalized spacial score (nSPS) is 18.7. The second-order valence-electron chi connectivity index (χ2n) is 5.16. The lowest BCUT2D eigenvalue weighted by Gasteiger charge is -2.33. The molecule has 1 aliphatic heterocycles. The summed E-state index contributed by atoms with van der Waals surface area (Å²) in [6.07, 6.45) is 0. The van der Waals surface area contributed by atoms with E-state index in [9.17, 15) is 0 Å². The van der Waals surface area contributed by atoms with Crippen LogP contribution in [0, 0.1) is 0 Å². The summed E-state index contributed by atoms with van der Waals surface area (Å²) in [6.45, 7) is 11.8. The van der Waals surface area contributed by atoms with Gasteiger partial charge in [-0.2, -0.15) is 0 Å². The third kappa shape index (κ3) is 2.97. The zero-order valence-electron chi connectivity index (χ0n) is 10.9. The number of thiazole rings is 1. The molecule has 0 aliphatic carbocycles. The van der Waals surface area contributed by atoms with Crippen LogP contribution in [0.15, 0.2) is 5.38 Å². The molecule has 2 rings (SSSR count). The van der Waals surface area contributed by atoms with Crippen LogP contribution in [-0.4, -0.2) is 42.6 Å². The average Bonchev–Trinajstić information content (AvgIpc) is 2.78. The maximum absolute atomic E-state index is 6.06. The van der Waals surface area contributed by atoms with Crippen molar-refractivity contribution in [3.63, 3.8) is 0 Å². The number of nitrogens with two attached hydrogens (primary N) is 1. The number of rotatable bonds is 3. The molecule has 1 aromatic heterocycles. The molecule has 0 atom stereocenters. The first-order valence-electron chi connectivity index (χ1n) is 6.23. The Morgan fingerprint density at radius 2 is 2.00 bits per heavy atom. The molecule has 0 bridgehead atoms. The van der Waals surface area contributed by atoms with E-state index in [2.05, 4.69) is 27.1 Å². The largest absolute Gasteiger partial charge is 0.346 e. The second kappa shape index (κ2) is 4.92. The fourth-order valence-corrected chi connectivity index (χ4v) is 3.02. The fraction of sp³-hybridized carbons (Fsp3) is 0.750. The van der Waals surface area contributed by atoms with Gasteiger partial charge in [0, 0.05) is 31.6 Å². The van der Waals surface area contributed by atoms with Crippen molar-refractivity contribution >= 4 is 16.5 Å². The van der Waals surface area contributed by atoms with Crippen LogP contribution in [0.4, 0.5) is 5.13 Å². The molecule has 0 spiro atoms. The van der Waals surface area contributed by atoms with Gasteiger partial charge in [-0.3, -0.25) is 0 Å². The van der Waals surface area contributed by atoms with Crippen molar-refractivity contribution in [1.82, 2.24) is 9.88 Å². The highest BCUT2D eigenvalue weighted by molar-refractivity contribution is 7.13. The van der Waals surface area contributed by atoms with E-state index < -0.39 is 0 Å². The Hall–Kier alpha value is -0.650. The van der Waals surface area contributed by atoms with Crippen molar-refractivity contribution in [2.75, 3.05) is 37.6 Å². The molecule has 0 unspecified atom stereocenters. The lowest BCUT2D eigenvalue weighted by Crippen LogP contribution is -2.46. The molecule has 1 aliphatic rings. The Morgan fingerprint density at radius 3 is 2.47 bits per heavy atom. The molecule has 1 fully saturated rings. The van der Waals surface area contributed by atoms with Gasteiger partial charge in [0.1, 0.15) is 0 Å². The summed E-state index contributed by atoms with van der Waals surface area (Å²) >= 11 is 1.71. The van der Waals surface area contributed by atoms with E-state index >= 15 is 0 Å². The van der Waals surface area contributed by atoms with Gasteiger partial charge < -0.3 is 15.5 Å². The number of anilines is 1. The summed E-state index contributed by atoms with van der Waals surface area (Å²) in [6, 6.07) is 0. The van der Waals surface area contributed by atoms with Crippen LogP contribution in [0.2, 0.25) is 0 Å². The van der Waals surface area contributed by atoms with Crippen LogP contribution in [0.1, 0.15) is 26.5 Å². The highest BCUT2D eigenvalue weighted by atomic mass is 32.1. The van der Waals surface area contributed by atoms with Gasteiger partial charge in [-0.15, -0.1) is 11.3 Å². The van der Waals surface area contributed by atoms with E-state index in [0.29, 0.717) is 0 Å². The summed E-state index contributed by atoms with van der Waals surface area (Å²) < 4.78 is 0.